The van der Waals surface area contributed by atoms with E-state index >= 15 is 0 Å². The summed E-state index contributed by atoms with van der Waals surface area (Å²) in [5.41, 5.74) is 0. The average Bonchev–Trinajstić information content (AvgIpc) is 2.20. The first kappa shape index (κ1) is 14.4. The molecule has 0 heterocycles. The van der Waals surface area contributed by atoms with E-state index in [0.29, 0.717) is 18.4 Å². The van der Waals surface area contributed by atoms with Crippen molar-refractivity contribution in [3.63, 3.8) is 0 Å². The highest BCUT2D eigenvalue weighted by molar-refractivity contribution is 5.75. The van der Waals surface area contributed by atoms with Crippen molar-refractivity contribution in [1.29, 1.82) is 0 Å². The third-order valence-corrected chi connectivity index (χ3v) is 2.48. The van der Waals surface area contributed by atoms with Gasteiger partial charge in [0.15, 0.2) is 0 Å². The van der Waals surface area contributed by atoms with Crippen molar-refractivity contribution < 1.29 is 4.79 Å². The van der Waals surface area contributed by atoms with Gasteiger partial charge in [0.2, 0.25) is 5.91 Å². The van der Waals surface area contributed by atoms with Crippen molar-refractivity contribution in [2.24, 2.45) is 5.92 Å². The summed E-state index contributed by atoms with van der Waals surface area (Å²) in [5, 5.41) is 6.25. The van der Waals surface area contributed by atoms with Crippen LogP contribution in [0.3, 0.4) is 0 Å². The Labute approximate surface area is 94.0 Å². The number of amides is 1. The second-order valence-corrected chi connectivity index (χ2v) is 4.53. The highest BCUT2D eigenvalue weighted by Gasteiger charge is 2.03. The quantitative estimate of drug-likeness (QED) is 0.606. The van der Waals surface area contributed by atoms with E-state index in [1.807, 2.05) is 0 Å². The van der Waals surface area contributed by atoms with E-state index in [1.165, 1.54) is 0 Å². The summed E-state index contributed by atoms with van der Waals surface area (Å²) in [6.07, 6.45) is 2.68. The van der Waals surface area contributed by atoms with Gasteiger partial charge >= 0.3 is 0 Å². The minimum atomic E-state index is 0.181. The van der Waals surface area contributed by atoms with E-state index < -0.39 is 0 Å². The molecule has 0 aromatic carbocycles. The fourth-order valence-corrected chi connectivity index (χ4v) is 1.16. The Hall–Kier alpha value is -0.570. The first-order chi connectivity index (χ1) is 7.06. The van der Waals surface area contributed by atoms with Crippen molar-refractivity contribution >= 4 is 5.91 Å². The minimum absolute atomic E-state index is 0.181. The Kier molecular flexibility index (Phi) is 8.38. The SMILES string of the molecule is CCC(C)CNC(=O)CCCNC(C)C. The molecule has 1 unspecified atom stereocenters. The van der Waals surface area contributed by atoms with Crippen LogP contribution in [0, 0.1) is 5.92 Å². The molecule has 0 saturated carbocycles. The molecule has 0 spiro atoms. The zero-order chi connectivity index (χ0) is 11.7. The maximum absolute atomic E-state index is 11.4. The fourth-order valence-electron chi connectivity index (χ4n) is 1.16. The van der Waals surface area contributed by atoms with Gasteiger partial charge in [-0.15, -0.1) is 0 Å². The van der Waals surface area contributed by atoms with Gasteiger partial charge in [-0.25, -0.2) is 0 Å². The van der Waals surface area contributed by atoms with E-state index in [-0.39, 0.29) is 5.91 Å². The lowest BCUT2D eigenvalue weighted by Crippen LogP contribution is -2.29. The highest BCUT2D eigenvalue weighted by Crippen LogP contribution is 1.97. The molecular weight excluding hydrogens is 188 g/mol. The summed E-state index contributed by atoms with van der Waals surface area (Å²) in [6, 6.07) is 0.508. The smallest absolute Gasteiger partial charge is 0.220 e. The molecule has 3 heteroatoms. The summed E-state index contributed by atoms with van der Waals surface area (Å²) >= 11 is 0. The molecular formula is C12H26N2O. The van der Waals surface area contributed by atoms with Crippen molar-refractivity contribution in [3.8, 4) is 0 Å². The Balaban J connectivity index is 3.34. The average molecular weight is 214 g/mol. The number of carbonyl (C=O) groups is 1. The molecule has 0 aliphatic heterocycles. The zero-order valence-corrected chi connectivity index (χ0v) is 10.6. The molecule has 0 fully saturated rings. The minimum Gasteiger partial charge on any atom is -0.356 e. The van der Waals surface area contributed by atoms with Crippen LogP contribution in [-0.2, 0) is 4.79 Å². The lowest BCUT2D eigenvalue weighted by molar-refractivity contribution is -0.121. The van der Waals surface area contributed by atoms with Crippen LogP contribution >= 0.6 is 0 Å². The van der Waals surface area contributed by atoms with Crippen molar-refractivity contribution in [2.45, 2.75) is 53.0 Å². The molecule has 3 nitrogen and oxygen atoms in total. The summed E-state index contributed by atoms with van der Waals surface area (Å²) in [5.74, 6) is 0.767. The van der Waals surface area contributed by atoms with Crippen LogP contribution in [0.4, 0.5) is 0 Å². The molecule has 1 amide bonds. The molecule has 0 saturated heterocycles. The Morgan fingerprint density at radius 1 is 1.27 bits per heavy atom. The maximum atomic E-state index is 11.4. The van der Waals surface area contributed by atoms with Gasteiger partial charge in [0.1, 0.15) is 0 Å². The predicted molar refractivity (Wildman–Crippen MR) is 64.8 cm³/mol. The van der Waals surface area contributed by atoms with Crippen molar-refractivity contribution in [1.82, 2.24) is 10.6 Å². The fraction of sp³-hybridized carbons (Fsp3) is 0.917. The Morgan fingerprint density at radius 3 is 2.47 bits per heavy atom. The van der Waals surface area contributed by atoms with Crippen LogP contribution in [-0.4, -0.2) is 25.0 Å². The molecule has 90 valence electrons. The van der Waals surface area contributed by atoms with E-state index in [9.17, 15) is 4.79 Å². The number of hydrogen-bond acceptors (Lipinski definition) is 2. The molecule has 1 atom stereocenters. The van der Waals surface area contributed by atoms with Crippen molar-refractivity contribution in [2.75, 3.05) is 13.1 Å². The van der Waals surface area contributed by atoms with E-state index in [1.54, 1.807) is 0 Å². The van der Waals surface area contributed by atoms with Gasteiger partial charge in [-0.3, -0.25) is 4.79 Å². The molecule has 0 aliphatic rings. The van der Waals surface area contributed by atoms with E-state index in [0.717, 1.165) is 25.9 Å². The van der Waals surface area contributed by atoms with Gasteiger partial charge in [0, 0.05) is 19.0 Å². The Bertz CT molecular complexity index is 169. The summed E-state index contributed by atoms with van der Waals surface area (Å²) < 4.78 is 0. The van der Waals surface area contributed by atoms with Crippen LogP contribution in [0.15, 0.2) is 0 Å². The van der Waals surface area contributed by atoms with Crippen LogP contribution in [0.5, 0.6) is 0 Å². The van der Waals surface area contributed by atoms with Gasteiger partial charge in [0.25, 0.3) is 0 Å². The molecule has 15 heavy (non-hydrogen) atoms. The first-order valence-electron chi connectivity index (χ1n) is 6.06. The van der Waals surface area contributed by atoms with Crippen LogP contribution < -0.4 is 10.6 Å². The lowest BCUT2D eigenvalue weighted by Gasteiger charge is -2.10. The van der Waals surface area contributed by atoms with Crippen molar-refractivity contribution in [3.05, 3.63) is 0 Å². The second-order valence-electron chi connectivity index (χ2n) is 4.53. The van der Waals surface area contributed by atoms with Crippen LogP contribution in [0.25, 0.3) is 0 Å². The molecule has 0 aliphatic carbocycles. The largest absolute Gasteiger partial charge is 0.356 e. The standard InChI is InChI=1S/C12H26N2O/c1-5-11(4)9-14-12(15)7-6-8-13-10(2)3/h10-11,13H,5-9H2,1-4H3,(H,14,15). The molecule has 2 N–H and O–H groups in total. The predicted octanol–water partition coefficient (Wildman–Crippen LogP) is 1.93. The number of carbonyl (C=O) groups excluding carboxylic acids is 1. The molecule has 0 radical (unpaired) electrons. The van der Waals surface area contributed by atoms with Gasteiger partial charge in [-0.2, -0.15) is 0 Å². The Morgan fingerprint density at radius 2 is 1.93 bits per heavy atom. The highest BCUT2D eigenvalue weighted by atomic mass is 16.1. The van der Waals surface area contributed by atoms with Gasteiger partial charge < -0.3 is 10.6 Å². The first-order valence-corrected chi connectivity index (χ1v) is 6.06. The lowest BCUT2D eigenvalue weighted by atomic mass is 10.1. The van der Waals surface area contributed by atoms with Crippen LogP contribution in [0.2, 0.25) is 0 Å². The van der Waals surface area contributed by atoms with E-state index in [2.05, 4.69) is 38.3 Å². The molecule has 0 rings (SSSR count). The third kappa shape index (κ3) is 9.73. The number of nitrogens with one attached hydrogen (secondary N) is 2. The normalized spacial score (nSPS) is 12.9. The molecule has 0 aromatic heterocycles. The third-order valence-electron chi connectivity index (χ3n) is 2.48. The summed E-state index contributed by atoms with van der Waals surface area (Å²) in [6.45, 7) is 10.3. The van der Waals surface area contributed by atoms with Crippen LogP contribution in [0.1, 0.15) is 47.0 Å². The topological polar surface area (TPSA) is 41.1 Å². The molecule has 0 bridgehead atoms. The van der Waals surface area contributed by atoms with Gasteiger partial charge in [-0.05, 0) is 18.9 Å². The zero-order valence-electron chi connectivity index (χ0n) is 10.6. The second kappa shape index (κ2) is 8.72. The van der Waals surface area contributed by atoms with Gasteiger partial charge in [0.05, 0.1) is 0 Å². The molecule has 0 aromatic rings. The number of hydrogen-bond donors (Lipinski definition) is 2. The summed E-state index contributed by atoms with van der Waals surface area (Å²) in [7, 11) is 0. The van der Waals surface area contributed by atoms with Gasteiger partial charge in [-0.1, -0.05) is 34.1 Å². The van der Waals surface area contributed by atoms with E-state index in [4.69, 9.17) is 0 Å². The summed E-state index contributed by atoms with van der Waals surface area (Å²) in [4.78, 5) is 11.4. The maximum Gasteiger partial charge on any atom is 0.220 e. The monoisotopic (exact) mass is 214 g/mol. The number of rotatable bonds is 8.